The van der Waals surface area contributed by atoms with Gasteiger partial charge in [-0.3, -0.25) is 0 Å². The standard InChI is InChI=1S/C13H20N4O2/c1-10-9-11(16-12(15-10)13(18)19-2)14-5-8-17-6-3-4-7-17/h9H,3-8H2,1-2H3,(H,14,15,16). The summed E-state index contributed by atoms with van der Waals surface area (Å²) < 4.78 is 4.63. The summed E-state index contributed by atoms with van der Waals surface area (Å²) in [6.45, 7) is 6.00. The number of anilines is 1. The molecule has 0 radical (unpaired) electrons. The first-order chi connectivity index (χ1) is 9.19. The molecular weight excluding hydrogens is 244 g/mol. The molecule has 1 aromatic rings. The number of aromatic nitrogens is 2. The molecule has 0 aliphatic carbocycles. The van der Waals surface area contributed by atoms with Gasteiger partial charge in [0.15, 0.2) is 0 Å². The van der Waals surface area contributed by atoms with Gasteiger partial charge in [-0.05, 0) is 32.9 Å². The fraction of sp³-hybridized carbons (Fsp3) is 0.615. The lowest BCUT2D eigenvalue weighted by Gasteiger charge is -2.15. The van der Waals surface area contributed by atoms with E-state index in [0.29, 0.717) is 5.82 Å². The molecule has 6 heteroatoms. The summed E-state index contributed by atoms with van der Waals surface area (Å²) in [5, 5.41) is 3.23. The molecule has 1 N–H and O–H groups in total. The van der Waals surface area contributed by atoms with Gasteiger partial charge in [-0.15, -0.1) is 0 Å². The van der Waals surface area contributed by atoms with Crippen LogP contribution in [0.5, 0.6) is 0 Å². The highest BCUT2D eigenvalue weighted by Crippen LogP contribution is 2.09. The molecule has 1 fully saturated rings. The lowest BCUT2D eigenvalue weighted by atomic mass is 10.4. The average molecular weight is 264 g/mol. The number of carbonyl (C=O) groups excluding carboxylic acids is 1. The average Bonchev–Trinajstić information content (AvgIpc) is 2.90. The largest absolute Gasteiger partial charge is 0.463 e. The van der Waals surface area contributed by atoms with E-state index in [0.717, 1.165) is 18.8 Å². The highest BCUT2D eigenvalue weighted by Gasteiger charge is 2.13. The fourth-order valence-electron chi connectivity index (χ4n) is 2.19. The number of ether oxygens (including phenoxy) is 1. The number of hydrogen-bond acceptors (Lipinski definition) is 6. The van der Waals surface area contributed by atoms with E-state index in [2.05, 4.69) is 24.9 Å². The van der Waals surface area contributed by atoms with Crippen LogP contribution in [-0.4, -0.2) is 54.1 Å². The summed E-state index contributed by atoms with van der Waals surface area (Å²) in [6.07, 6.45) is 2.58. The maximum absolute atomic E-state index is 11.4. The Morgan fingerprint density at radius 2 is 2.16 bits per heavy atom. The Morgan fingerprint density at radius 3 is 2.84 bits per heavy atom. The molecule has 0 atom stereocenters. The van der Waals surface area contributed by atoms with Gasteiger partial charge in [-0.25, -0.2) is 14.8 Å². The number of methoxy groups -OCH3 is 1. The molecule has 0 unspecified atom stereocenters. The third-order valence-corrected chi connectivity index (χ3v) is 3.16. The molecular formula is C13H20N4O2. The zero-order chi connectivity index (χ0) is 13.7. The monoisotopic (exact) mass is 264 g/mol. The normalized spacial score (nSPS) is 15.5. The van der Waals surface area contributed by atoms with Crippen LogP contribution in [0.25, 0.3) is 0 Å². The van der Waals surface area contributed by atoms with Gasteiger partial charge in [0.1, 0.15) is 5.82 Å². The number of rotatable bonds is 5. The Hall–Kier alpha value is -1.69. The topological polar surface area (TPSA) is 67.3 Å². The van der Waals surface area contributed by atoms with E-state index in [1.807, 2.05) is 13.0 Å². The first-order valence-corrected chi connectivity index (χ1v) is 6.59. The summed E-state index contributed by atoms with van der Waals surface area (Å²) in [5.74, 6) is 0.268. The lowest BCUT2D eigenvalue weighted by Crippen LogP contribution is -2.26. The van der Waals surface area contributed by atoms with Gasteiger partial charge in [0.05, 0.1) is 7.11 Å². The predicted octanol–water partition coefficient (Wildman–Crippen LogP) is 1.08. The van der Waals surface area contributed by atoms with Crippen molar-refractivity contribution in [3.63, 3.8) is 0 Å². The Morgan fingerprint density at radius 1 is 1.42 bits per heavy atom. The third kappa shape index (κ3) is 3.89. The number of carbonyl (C=O) groups is 1. The summed E-state index contributed by atoms with van der Waals surface area (Å²) in [5.41, 5.74) is 0.749. The number of nitrogens with one attached hydrogen (secondary N) is 1. The molecule has 19 heavy (non-hydrogen) atoms. The van der Waals surface area contributed by atoms with Crippen LogP contribution in [-0.2, 0) is 4.74 Å². The van der Waals surface area contributed by atoms with Crippen molar-refractivity contribution in [2.75, 3.05) is 38.6 Å². The first-order valence-electron chi connectivity index (χ1n) is 6.59. The van der Waals surface area contributed by atoms with Crippen LogP contribution in [0.4, 0.5) is 5.82 Å². The minimum atomic E-state index is -0.508. The van der Waals surface area contributed by atoms with Gasteiger partial charge in [0.25, 0.3) is 0 Å². The second-order valence-electron chi connectivity index (χ2n) is 4.69. The van der Waals surface area contributed by atoms with E-state index >= 15 is 0 Å². The highest BCUT2D eigenvalue weighted by atomic mass is 16.5. The van der Waals surface area contributed by atoms with Crippen molar-refractivity contribution in [2.45, 2.75) is 19.8 Å². The van der Waals surface area contributed by atoms with Crippen LogP contribution < -0.4 is 5.32 Å². The van der Waals surface area contributed by atoms with Crippen LogP contribution >= 0.6 is 0 Å². The van der Waals surface area contributed by atoms with E-state index in [4.69, 9.17) is 0 Å². The van der Waals surface area contributed by atoms with Crippen molar-refractivity contribution < 1.29 is 9.53 Å². The molecule has 104 valence electrons. The molecule has 1 saturated heterocycles. The van der Waals surface area contributed by atoms with E-state index in [1.54, 1.807) is 0 Å². The zero-order valence-corrected chi connectivity index (χ0v) is 11.5. The molecule has 0 amide bonds. The zero-order valence-electron chi connectivity index (χ0n) is 11.5. The molecule has 2 heterocycles. The Balaban J connectivity index is 1.91. The second-order valence-corrected chi connectivity index (χ2v) is 4.69. The highest BCUT2D eigenvalue weighted by molar-refractivity contribution is 5.85. The maximum atomic E-state index is 11.4. The minimum Gasteiger partial charge on any atom is -0.463 e. The van der Waals surface area contributed by atoms with E-state index in [1.165, 1.54) is 33.0 Å². The Bertz CT molecular complexity index is 444. The molecule has 0 saturated carbocycles. The molecule has 0 spiro atoms. The van der Waals surface area contributed by atoms with Crippen molar-refractivity contribution in [3.8, 4) is 0 Å². The Labute approximate surface area is 113 Å². The van der Waals surface area contributed by atoms with Crippen molar-refractivity contribution >= 4 is 11.8 Å². The van der Waals surface area contributed by atoms with Crippen LogP contribution in [0.15, 0.2) is 6.07 Å². The Kier molecular flexibility index (Phi) is 4.68. The summed E-state index contributed by atoms with van der Waals surface area (Å²) in [6, 6.07) is 1.83. The third-order valence-electron chi connectivity index (χ3n) is 3.16. The van der Waals surface area contributed by atoms with E-state index in [9.17, 15) is 4.79 Å². The first kappa shape index (κ1) is 13.7. The van der Waals surface area contributed by atoms with Crippen LogP contribution in [0.2, 0.25) is 0 Å². The number of esters is 1. The van der Waals surface area contributed by atoms with Crippen LogP contribution in [0.1, 0.15) is 29.2 Å². The van der Waals surface area contributed by atoms with Crippen molar-refractivity contribution in [1.82, 2.24) is 14.9 Å². The second kappa shape index (κ2) is 6.47. The van der Waals surface area contributed by atoms with Crippen molar-refractivity contribution in [3.05, 3.63) is 17.6 Å². The number of likely N-dealkylation sites (tertiary alicyclic amines) is 1. The van der Waals surface area contributed by atoms with Gasteiger partial charge in [-0.2, -0.15) is 0 Å². The smallest absolute Gasteiger partial charge is 0.376 e. The van der Waals surface area contributed by atoms with Crippen molar-refractivity contribution in [2.24, 2.45) is 0 Å². The van der Waals surface area contributed by atoms with E-state index < -0.39 is 5.97 Å². The number of aryl methyl sites for hydroxylation is 1. The molecule has 6 nitrogen and oxygen atoms in total. The fourth-order valence-corrected chi connectivity index (χ4v) is 2.19. The molecule has 0 aromatic carbocycles. The lowest BCUT2D eigenvalue weighted by molar-refractivity contribution is 0.0586. The molecule has 1 aliphatic rings. The van der Waals surface area contributed by atoms with Gasteiger partial charge < -0.3 is 15.0 Å². The molecule has 1 aliphatic heterocycles. The van der Waals surface area contributed by atoms with E-state index in [-0.39, 0.29) is 5.82 Å². The minimum absolute atomic E-state index is 0.103. The summed E-state index contributed by atoms with van der Waals surface area (Å²) in [4.78, 5) is 22.0. The van der Waals surface area contributed by atoms with Gasteiger partial charge >= 0.3 is 5.97 Å². The van der Waals surface area contributed by atoms with Crippen LogP contribution in [0, 0.1) is 6.92 Å². The SMILES string of the molecule is COC(=O)c1nc(C)cc(NCCN2CCCC2)n1. The van der Waals surface area contributed by atoms with Gasteiger partial charge in [0, 0.05) is 24.8 Å². The van der Waals surface area contributed by atoms with Crippen molar-refractivity contribution in [1.29, 1.82) is 0 Å². The number of nitrogens with zero attached hydrogens (tertiary/aromatic N) is 3. The summed E-state index contributed by atoms with van der Waals surface area (Å²) >= 11 is 0. The van der Waals surface area contributed by atoms with Gasteiger partial charge in [-0.1, -0.05) is 0 Å². The molecule has 1 aromatic heterocycles. The van der Waals surface area contributed by atoms with Gasteiger partial charge in [0.2, 0.25) is 5.82 Å². The number of hydrogen-bond donors (Lipinski definition) is 1. The predicted molar refractivity (Wildman–Crippen MR) is 72.3 cm³/mol. The quantitative estimate of drug-likeness (QED) is 0.803. The van der Waals surface area contributed by atoms with Crippen LogP contribution in [0.3, 0.4) is 0 Å². The molecule has 0 bridgehead atoms. The maximum Gasteiger partial charge on any atom is 0.376 e. The molecule has 2 rings (SSSR count). The summed E-state index contributed by atoms with van der Waals surface area (Å²) in [7, 11) is 1.33.